The zero-order chi connectivity index (χ0) is 24.0. The van der Waals surface area contributed by atoms with Gasteiger partial charge in [-0.2, -0.15) is 0 Å². The Balaban J connectivity index is 1.71. The third-order valence-electron chi connectivity index (χ3n) is 4.39. The van der Waals surface area contributed by atoms with Crippen LogP contribution < -0.4 is 9.47 Å². The first-order chi connectivity index (χ1) is 15.6. The molecule has 0 aliphatic carbocycles. The van der Waals surface area contributed by atoms with Gasteiger partial charge in [-0.1, -0.05) is 36.4 Å². The molecule has 0 saturated carbocycles. The fraction of sp³-hybridized carbons (Fsp3) is 0.0833. The van der Waals surface area contributed by atoms with E-state index in [4.69, 9.17) is 9.84 Å². The lowest BCUT2D eigenvalue weighted by Crippen LogP contribution is -2.17. The van der Waals surface area contributed by atoms with E-state index in [1.54, 1.807) is 0 Å². The number of carboxylic acids is 1. The van der Waals surface area contributed by atoms with E-state index in [1.807, 2.05) is 0 Å². The van der Waals surface area contributed by atoms with E-state index < -0.39 is 18.1 Å². The van der Waals surface area contributed by atoms with Crippen molar-refractivity contribution in [3.05, 3.63) is 95.1 Å². The number of halogens is 3. The number of rotatable bonds is 8. The summed E-state index contributed by atoms with van der Waals surface area (Å²) in [5.41, 5.74) is 1.11. The first-order valence-electron chi connectivity index (χ1n) is 9.47. The molecule has 0 fully saturated rings. The summed E-state index contributed by atoms with van der Waals surface area (Å²) in [6.45, 7) is -0.0730. The fourth-order valence-electron chi connectivity index (χ4n) is 2.83. The van der Waals surface area contributed by atoms with Crippen molar-refractivity contribution in [1.82, 2.24) is 0 Å². The smallest absolute Gasteiger partial charge is 0.507 e. The molecule has 0 unspecified atom stereocenters. The highest BCUT2D eigenvalue weighted by atomic mass is 19.4. The molecule has 170 valence electrons. The van der Waals surface area contributed by atoms with Gasteiger partial charge in [-0.3, -0.25) is 4.79 Å². The SMILES string of the molecule is O=C(O)c1ccc(/C=C/C(=O)c2c(O)cccc2OCc2ccc(OC(F)(F)F)cc2)cc1. The van der Waals surface area contributed by atoms with Crippen LogP contribution in [-0.2, 0) is 6.61 Å². The summed E-state index contributed by atoms with van der Waals surface area (Å²) in [4.78, 5) is 23.6. The molecule has 0 radical (unpaired) electrons. The molecule has 0 amide bonds. The van der Waals surface area contributed by atoms with Crippen molar-refractivity contribution in [3.8, 4) is 17.2 Å². The molecule has 0 heterocycles. The molecule has 0 bridgehead atoms. The summed E-state index contributed by atoms with van der Waals surface area (Å²) in [5, 5.41) is 19.1. The average molecular weight is 458 g/mol. The van der Waals surface area contributed by atoms with Crippen molar-refractivity contribution in [1.29, 1.82) is 0 Å². The van der Waals surface area contributed by atoms with Gasteiger partial charge in [-0.05, 0) is 53.6 Å². The number of alkyl halides is 3. The molecule has 3 aromatic rings. The number of aromatic carboxylic acids is 1. The van der Waals surface area contributed by atoms with Crippen LogP contribution in [0.2, 0.25) is 0 Å². The summed E-state index contributed by atoms with van der Waals surface area (Å²) in [6.07, 6.45) is -2.12. The van der Waals surface area contributed by atoms with Crippen molar-refractivity contribution < 1.29 is 42.4 Å². The number of hydrogen-bond donors (Lipinski definition) is 2. The van der Waals surface area contributed by atoms with Gasteiger partial charge < -0.3 is 19.7 Å². The summed E-state index contributed by atoms with van der Waals surface area (Å²) < 4.78 is 46.2. The number of carboxylic acid groups (broad SMARTS) is 1. The van der Waals surface area contributed by atoms with Crippen molar-refractivity contribution in [2.24, 2.45) is 0 Å². The van der Waals surface area contributed by atoms with Crippen LogP contribution in [-0.4, -0.2) is 28.3 Å². The number of aromatic hydroxyl groups is 1. The molecule has 3 rings (SSSR count). The van der Waals surface area contributed by atoms with Crippen molar-refractivity contribution in [2.45, 2.75) is 13.0 Å². The Morgan fingerprint density at radius 1 is 0.939 bits per heavy atom. The summed E-state index contributed by atoms with van der Waals surface area (Å²) in [7, 11) is 0. The maximum atomic E-state index is 12.7. The maximum Gasteiger partial charge on any atom is 0.573 e. The molecule has 2 N–H and O–H groups in total. The number of hydrogen-bond acceptors (Lipinski definition) is 5. The number of phenolic OH excluding ortho intramolecular Hbond substituents is 1. The van der Waals surface area contributed by atoms with Gasteiger partial charge in [0.25, 0.3) is 0 Å². The molecule has 33 heavy (non-hydrogen) atoms. The van der Waals surface area contributed by atoms with Crippen LogP contribution in [0.1, 0.15) is 31.8 Å². The minimum atomic E-state index is -4.79. The second kappa shape index (κ2) is 9.90. The van der Waals surface area contributed by atoms with Crippen LogP contribution in [0.3, 0.4) is 0 Å². The Morgan fingerprint density at radius 3 is 2.21 bits per heavy atom. The Labute approximate surface area is 186 Å². The van der Waals surface area contributed by atoms with Crippen LogP contribution in [0.25, 0.3) is 6.08 Å². The van der Waals surface area contributed by atoms with Gasteiger partial charge in [-0.25, -0.2) is 4.79 Å². The summed E-state index contributed by atoms with van der Waals surface area (Å²) in [5.74, 6) is -2.22. The summed E-state index contributed by atoms with van der Waals surface area (Å²) >= 11 is 0. The Morgan fingerprint density at radius 2 is 1.61 bits per heavy atom. The predicted octanol–water partition coefficient (Wildman–Crippen LogP) is 5.46. The Kier molecular flexibility index (Phi) is 7.02. The molecule has 0 aliphatic heterocycles. The van der Waals surface area contributed by atoms with Crippen LogP contribution in [0.15, 0.2) is 72.8 Å². The molecule has 0 atom stereocenters. The molecule has 3 aromatic carbocycles. The zero-order valence-corrected chi connectivity index (χ0v) is 16.9. The van der Waals surface area contributed by atoms with Crippen LogP contribution in [0, 0.1) is 0 Å². The minimum Gasteiger partial charge on any atom is -0.507 e. The van der Waals surface area contributed by atoms with Crippen LogP contribution in [0.5, 0.6) is 17.2 Å². The van der Waals surface area contributed by atoms with Crippen molar-refractivity contribution >= 4 is 17.8 Å². The number of phenols is 1. The maximum absolute atomic E-state index is 12.7. The van der Waals surface area contributed by atoms with E-state index in [0.29, 0.717) is 11.1 Å². The molecule has 6 nitrogen and oxygen atoms in total. The lowest BCUT2D eigenvalue weighted by molar-refractivity contribution is -0.274. The lowest BCUT2D eigenvalue weighted by Gasteiger charge is -2.12. The van der Waals surface area contributed by atoms with E-state index in [0.717, 1.165) is 12.1 Å². The zero-order valence-electron chi connectivity index (χ0n) is 16.9. The monoisotopic (exact) mass is 458 g/mol. The molecular formula is C24H17F3O6. The third-order valence-corrected chi connectivity index (χ3v) is 4.39. The largest absolute Gasteiger partial charge is 0.573 e. The number of ether oxygens (including phenoxy) is 2. The van der Waals surface area contributed by atoms with Gasteiger partial charge >= 0.3 is 12.3 Å². The van der Waals surface area contributed by atoms with Crippen molar-refractivity contribution in [2.75, 3.05) is 0 Å². The first kappa shape index (κ1) is 23.4. The van der Waals surface area contributed by atoms with Gasteiger partial charge in [0.2, 0.25) is 0 Å². The van der Waals surface area contributed by atoms with Gasteiger partial charge in [0.05, 0.1) is 5.56 Å². The van der Waals surface area contributed by atoms with Crippen LogP contribution >= 0.6 is 0 Å². The number of allylic oxidation sites excluding steroid dienone is 1. The number of benzene rings is 3. The van der Waals surface area contributed by atoms with Gasteiger partial charge in [0.1, 0.15) is 29.4 Å². The molecule has 0 spiro atoms. The van der Waals surface area contributed by atoms with Crippen molar-refractivity contribution in [3.63, 3.8) is 0 Å². The standard InChI is InChI=1S/C24H17F3O6/c25-24(26,27)33-18-11-6-16(7-12-18)14-32-21-3-1-2-19(28)22(21)20(29)13-8-15-4-9-17(10-5-15)23(30)31/h1-13,28H,14H2,(H,30,31)/b13-8+. The highest BCUT2D eigenvalue weighted by molar-refractivity contribution is 6.10. The van der Waals surface area contributed by atoms with E-state index in [2.05, 4.69) is 4.74 Å². The minimum absolute atomic E-state index is 0.0730. The average Bonchev–Trinajstić information content (AvgIpc) is 2.76. The van der Waals surface area contributed by atoms with Crippen LogP contribution in [0.4, 0.5) is 13.2 Å². The van der Waals surface area contributed by atoms with Gasteiger partial charge in [0, 0.05) is 0 Å². The molecule has 0 saturated heterocycles. The molecule has 0 aliphatic rings. The third kappa shape index (κ3) is 6.60. The van der Waals surface area contributed by atoms with E-state index >= 15 is 0 Å². The highest BCUT2D eigenvalue weighted by Gasteiger charge is 2.30. The Hall–Kier alpha value is -4.27. The molecule has 9 heteroatoms. The topological polar surface area (TPSA) is 93.1 Å². The quantitative estimate of drug-likeness (QED) is 0.344. The first-order valence-corrected chi connectivity index (χ1v) is 9.47. The second-order valence-corrected chi connectivity index (χ2v) is 6.76. The van der Waals surface area contributed by atoms with E-state index in [-0.39, 0.29) is 35.0 Å². The normalized spacial score (nSPS) is 11.4. The van der Waals surface area contributed by atoms with E-state index in [9.17, 15) is 27.9 Å². The fourth-order valence-corrected chi connectivity index (χ4v) is 2.83. The number of carbonyl (C=O) groups is 2. The Bertz CT molecular complexity index is 1170. The molecule has 0 aromatic heterocycles. The summed E-state index contributed by atoms with van der Waals surface area (Å²) in [6, 6.07) is 15.2. The highest BCUT2D eigenvalue weighted by Crippen LogP contribution is 2.30. The second-order valence-electron chi connectivity index (χ2n) is 6.76. The van der Waals surface area contributed by atoms with Gasteiger partial charge in [0.15, 0.2) is 5.78 Å². The van der Waals surface area contributed by atoms with Gasteiger partial charge in [-0.15, -0.1) is 13.2 Å². The molecular weight excluding hydrogens is 441 g/mol. The predicted molar refractivity (Wildman–Crippen MR) is 112 cm³/mol. The number of ketones is 1. The number of carbonyl (C=O) groups excluding carboxylic acids is 1. The lowest BCUT2D eigenvalue weighted by atomic mass is 10.1. The van der Waals surface area contributed by atoms with E-state index in [1.165, 1.54) is 66.7 Å².